The van der Waals surface area contributed by atoms with Crippen LogP contribution in [-0.2, 0) is 0 Å². The molecule has 2 aromatic rings. The zero-order valence-corrected chi connectivity index (χ0v) is 14.0. The molecule has 0 unspecified atom stereocenters. The Bertz CT molecular complexity index is 686. The number of aromatic amines is 1. The third-order valence-electron chi connectivity index (χ3n) is 4.53. The normalized spacial score (nSPS) is 20.8. The van der Waals surface area contributed by atoms with Gasteiger partial charge in [-0.05, 0) is 26.1 Å². The Hall–Kier alpha value is -2.25. The van der Waals surface area contributed by atoms with E-state index in [2.05, 4.69) is 20.1 Å². The highest BCUT2D eigenvalue weighted by Gasteiger charge is 2.35. The Morgan fingerprint density at radius 2 is 2.08 bits per heavy atom. The standard InChI is InChI=1S/C17H23N5O2/c1-21(2)7-12-8-22(9-13(12)10-23)17(24)15-6-4-3-5-14(15)16-18-11-19-20-16/h3-6,11-13,23H,7-10H2,1-2H3,(H,18,19,20)/t12-,13-/m1/s1. The zero-order chi connectivity index (χ0) is 17.1. The molecule has 1 saturated heterocycles. The molecule has 0 saturated carbocycles. The Labute approximate surface area is 141 Å². The average Bonchev–Trinajstić information content (AvgIpc) is 3.23. The second-order valence-electron chi connectivity index (χ2n) is 6.55. The third-order valence-corrected chi connectivity index (χ3v) is 4.53. The van der Waals surface area contributed by atoms with Crippen LogP contribution in [0.3, 0.4) is 0 Å². The molecule has 128 valence electrons. The number of hydrogen-bond acceptors (Lipinski definition) is 5. The molecular formula is C17H23N5O2. The number of nitrogens with one attached hydrogen (secondary N) is 1. The minimum Gasteiger partial charge on any atom is -0.396 e. The summed E-state index contributed by atoms with van der Waals surface area (Å²) in [6.45, 7) is 2.20. The van der Waals surface area contributed by atoms with E-state index in [4.69, 9.17) is 0 Å². The maximum Gasteiger partial charge on any atom is 0.254 e. The molecule has 0 spiro atoms. The number of aromatic nitrogens is 3. The fraction of sp³-hybridized carbons (Fsp3) is 0.471. The molecule has 0 radical (unpaired) electrons. The molecule has 1 aliphatic heterocycles. The van der Waals surface area contributed by atoms with Gasteiger partial charge in [-0.2, -0.15) is 5.10 Å². The minimum absolute atomic E-state index is 0.0262. The quantitative estimate of drug-likeness (QED) is 0.844. The van der Waals surface area contributed by atoms with E-state index in [0.717, 1.165) is 12.1 Å². The number of rotatable bonds is 5. The first-order chi connectivity index (χ1) is 11.6. The van der Waals surface area contributed by atoms with Crippen LogP contribution in [0.25, 0.3) is 11.4 Å². The molecule has 2 atom stereocenters. The van der Waals surface area contributed by atoms with E-state index in [-0.39, 0.29) is 24.3 Å². The van der Waals surface area contributed by atoms with Gasteiger partial charge in [0.2, 0.25) is 0 Å². The molecule has 1 amide bonds. The summed E-state index contributed by atoms with van der Waals surface area (Å²) in [4.78, 5) is 21.1. The summed E-state index contributed by atoms with van der Waals surface area (Å²) < 4.78 is 0. The van der Waals surface area contributed by atoms with Crippen LogP contribution in [0, 0.1) is 11.8 Å². The summed E-state index contributed by atoms with van der Waals surface area (Å²) in [5.41, 5.74) is 1.35. The summed E-state index contributed by atoms with van der Waals surface area (Å²) in [5.74, 6) is 0.962. The third kappa shape index (κ3) is 3.32. The van der Waals surface area contributed by atoms with Gasteiger partial charge in [-0.15, -0.1) is 0 Å². The highest BCUT2D eigenvalue weighted by molar-refractivity contribution is 6.00. The topological polar surface area (TPSA) is 85.4 Å². The maximum atomic E-state index is 13.0. The first kappa shape index (κ1) is 16.6. The average molecular weight is 329 g/mol. The summed E-state index contributed by atoms with van der Waals surface area (Å²) in [7, 11) is 4.02. The number of benzene rings is 1. The first-order valence-corrected chi connectivity index (χ1v) is 8.09. The fourth-order valence-electron chi connectivity index (χ4n) is 3.37. The van der Waals surface area contributed by atoms with Crippen molar-refractivity contribution in [1.29, 1.82) is 0 Å². The predicted molar refractivity (Wildman–Crippen MR) is 90.3 cm³/mol. The van der Waals surface area contributed by atoms with Gasteiger partial charge in [-0.25, -0.2) is 4.98 Å². The van der Waals surface area contributed by atoms with Crippen LogP contribution in [0.4, 0.5) is 0 Å². The number of nitrogens with zero attached hydrogens (tertiary/aromatic N) is 4. The van der Waals surface area contributed by atoms with Gasteiger partial charge in [-0.3, -0.25) is 9.89 Å². The molecule has 1 aliphatic rings. The molecule has 7 nitrogen and oxygen atoms in total. The van der Waals surface area contributed by atoms with Crippen molar-refractivity contribution in [3.05, 3.63) is 36.2 Å². The van der Waals surface area contributed by atoms with Crippen molar-refractivity contribution in [3.63, 3.8) is 0 Å². The van der Waals surface area contributed by atoms with Crippen molar-refractivity contribution < 1.29 is 9.90 Å². The monoisotopic (exact) mass is 329 g/mol. The van der Waals surface area contributed by atoms with Crippen molar-refractivity contribution in [2.45, 2.75) is 0 Å². The molecule has 2 N–H and O–H groups in total. The SMILES string of the molecule is CN(C)C[C@@H]1CN(C(=O)c2ccccc2-c2ncn[nH]2)C[C@@H]1CO. The number of amides is 1. The number of H-pyrrole nitrogens is 1. The highest BCUT2D eigenvalue weighted by Crippen LogP contribution is 2.28. The van der Waals surface area contributed by atoms with E-state index in [1.54, 1.807) is 0 Å². The van der Waals surface area contributed by atoms with E-state index >= 15 is 0 Å². The molecule has 1 aromatic carbocycles. The van der Waals surface area contributed by atoms with E-state index in [1.807, 2.05) is 43.3 Å². The lowest BCUT2D eigenvalue weighted by molar-refractivity contribution is 0.0780. The molecule has 3 rings (SSSR count). The highest BCUT2D eigenvalue weighted by atomic mass is 16.3. The molecule has 0 bridgehead atoms. The van der Waals surface area contributed by atoms with Crippen molar-refractivity contribution in [1.82, 2.24) is 25.0 Å². The van der Waals surface area contributed by atoms with Crippen LogP contribution >= 0.6 is 0 Å². The van der Waals surface area contributed by atoms with Crippen molar-refractivity contribution >= 4 is 5.91 Å². The molecule has 24 heavy (non-hydrogen) atoms. The van der Waals surface area contributed by atoms with Crippen molar-refractivity contribution in [2.24, 2.45) is 11.8 Å². The number of aliphatic hydroxyl groups is 1. The van der Waals surface area contributed by atoms with Crippen LogP contribution in [0.2, 0.25) is 0 Å². The van der Waals surface area contributed by atoms with E-state index < -0.39 is 0 Å². The molecule has 1 aromatic heterocycles. The lowest BCUT2D eigenvalue weighted by atomic mass is 9.97. The number of carbonyl (C=O) groups is 1. The van der Waals surface area contributed by atoms with Gasteiger partial charge in [0.05, 0.1) is 5.56 Å². The smallest absolute Gasteiger partial charge is 0.254 e. The number of aliphatic hydroxyl groups excluding tert-OH is 1. The summed E-state index contributed by atoms with van der Waals surface area (Å²) in [5, 5.41) is 16.3. The van der Waals surface area contributed by atoms with E-state index in [1.165, 1.54) is 6.33 Å². The Morgan fingerprint density at radius 3 is 2.75 bits per heavy atom. The molecule has 1 fully saturated rings. The van der Waals surface area contributed by atoms with Crippen LogP contribution in [0.15, 0.2) is 30.6 Å². The molecular weight excluding hydrogens is 306 g/mol. The van der Waals surface area contributed by atoms with Gasteiger partial charge in [0.1, 0.15) is 6.33 Å². The summed E-state index contributed by atoms with van der Waals surface area (Å²) in [6.07, 6.45) is 1.43. The van der Waals surface area contributed by atoms with Gasteiger partial charge >= 0.3 is 0 Å². The number of hydrogen-bond donors (Lipinski definition) is 2. The second-order valence-corrected chi connectivity index (χ2v) is 6.55. The Morgan fingerprint density at radius 1 is 1.33 bits per heavy atom. The van der Waals surface area contributed by atoms with Gasteiger partial charge in [0, 0.05) is 37.7 Å². The lowest BCUT2D eigenvalue weighted by Crippen LogP contribution is -2.31. The predicted octanol–water partition coefficient (Wildman–Crippen LogP) is 0.714. The molecule has 2 heterocycles. The summed E-state index contributed by atoms with van der Waals surface area (Å²) >= 11 is 0. The van der Waals surface area contributed by atoms with Crippen LogP contribution in [0.1, 0.15) is 10.4 Å². The van der Waals surface area contributed by atoms with Crippen LogP contribution in [0.5, 0.6) is 0 Å². The maximum absolute atomic E-state index is 13.0. The largest absolute Gasteiger partial charge is 0.396 e. The second kappa shape index (κ2) is 7.11. The lowest BCUT2D eigenvalue weighted by Gasteiger charge is -2.20. The molecule has 7 heteroatoms. The Balaban J connectivity index is 1.83. The number of carbonyl (C=O) groups excluding carboxylic acids is 1. The van der Waals surface area contributed by atoms with Crippen LogP contribution < -0.4 is 0 Å². The zero-order valence-electron chi connectivity index (χ0n) is 14.0. The van der Waals surface area contributed by atoms with E-state index in [0.29, 0.717) is 24.5 Å². The minimum atomic E-state index is -0.0262. The van der Waals surface area contributed by atoms with Crippen molar-refractivity contribution in [2.75, 3.05) is 40.3 Å². The van der Waals surface area contributed by atoms with Gasteiger partial charge in [0.15, 0.2) is 5.82 Å². The van der Waals surface area contributed by atoms with Gasteiger partial charge < -0.3 is 14.9 Å². The van der Waals surface area contributed by atoms with Crippen molar-refractivity contribution in [3.8, 4) is 11.4 Å². The van der Waals surface area contributed by atoms with Gasteiger partial charge in [0.25, 0.3) is 5.91 Å². The molecule has 0 aliphatic carbocycles. The van der Waals surface area contributed by atoms with Gasteiger partial charge in [-0.1, -0.05) is 18.2 Å². The first-order valence-electron chi connectivity index (χ1n) is 8.09. The Kier molecular flexibility index (Phi) is 4.92. The summed E-state index contributed by atoms with van der Waals surface area (Å²) in [6, 6.07) is 7.41. The number of likely N-dealkylation sites (tertiary alicyclic amines) is 1. The van der Waals surface area contributed by atoms with Crippen LogP contribution in [-0.4, -0.2) is 76.3 Å². The fourth-order valence-corrected chi connectivity index (χ4v) is 3.37. The van der Waals surface area contributed by atoms with E-state index in [9.17, 15) is 9.90 Å².